The van der Waals surface area contributed by atoms with Gasteiger partial charge in [-0.2, -0.15) is 0 Å². The SMILES string of the molecule is c1ccc(-c2cccc3c2sc2c(N(c4ccc(-c5cccc6ccccc56)cc4)c4ccc(-c5ccc6c(c5)sc5ccccc56)c5ccccc45)cccc23)cc1. The van der Waals surface area contributed by atoms with Crippen molar-refractivity contribution in [3.05, 3.63) is 212 Å². The van der Waals surface area contributed by atoms with E-state index in [1.165, 1.54) is 101 Å². The Morgan fingerprint density at radius 2 is 0.881 bits per heavy atom. The molecule has 1 nitrogen and oxygen atoms in total. The van der Waals surface area contributed by atoms with Crippen molar-refractivity contribution in [3.8, 4) is 33.4 Å². The van der Waals surface area contributed by atoms with Crippen molar-refractivity contribution >= 4 is 102 Å². The summed E-state index contributed by atoms with van der Waals surface area (Å²) in [5.41, 5.74) is 10.9. The molecule has 12 aromatic rings. The Morgan fingerprint density at radius 3 is 1.75 bits per heavy atom. The number of thiophene rings is 2. The van der Waals surface area contributed by atoms with Gasteiger partial charge in [0.2, 0.25) is 0 Å². The Balaban J connectivity index is 1.07. The van der Waals surface area contributed by atoms with E-state index >= 15 is 0 Å². The number of hydrogen-bond donors (Lipinski definition) is 0. The van der Waals surface area contributed by atoms with Crippen molar-refractivity contribution in [1.29, 1.82) is 0 Å². The van der Waals surface area contributed by atoms with Gasteiger partial charge >= 0.3 is 0 Å². The van der Waals surface area contributed by atoms with Gasteiger partial charge in [0.15, 0.2) is 0 Å². The van der Waals surface area contributed by atoms with Crippen molar-refractivity contribution in [1.82, 2.24) is 0 Å². The number of fused-ring (bicyclic) bond motifs is 8. The van der Waals surface area contributed by atoms with E-state index in [1.807, 2.05) is 22.7 Å². The van der Waals surface area contributed by atoms with E-state index in [-0.39, 0.29) is 0 Å². The number of rotatable bonds is 6. The molecule has 0 fully saturated rings. The van der Waals surface area contributed by atoms with Gasteiger partial charge in [-0.3, -0.25) is 0 Å². The van der Waals surface area contributed by atoms with E-state index in [2.05, 4.69) is 217 Å². The normalized spacial score (nSPS) is 11.7. The summed E-state index contributed by atoms with van der Waals surface area (Å²) in [6.07, 6.45) is 0. The Bertz CT molecular complexity index is 3550. The molecule has 0 saturated heterocycles. The largest absolute Gasteiger partial charge is 0.308 e. The highest BCUT2D eigenvalue weighted by molar-refractivity contribution is 7.27. The first-order chi connectivity index (χ1) is 29.3. The molecule has 0 atom stereocenters. The first-order valence-electron chi connectivity index (χ1n) is 20.1. The molecule has 0 aliphatic carbocycles. The minimum absolute atomic E-state index is 1.12. The van der Waals surface area contributed by atoms with Crippen molar-refractivity contribution in [2.75, 3.05) is 4.90 Å². The molecular weight excluding hydrogens is 751 g/mol. The van der Waals surface area contributed by atoms with Gasteiger partial charge in [0.25, 0.3) is 0 Å². The van der Waals surface area contributed by atoms with Crippen LogP contribution < -0.4 is 4.90 Å². The van der Waals surface area contributed by atoms with Crippen LogP contribution in [0.25, 0.3) is 95.3 Å². The Labute approximate surface area is 350 Å². The number of hydrogen-bond acceptors (Lipinski definition) is 3. The van der Waals surface area contributed by atoms with E-state index in [4.69, 9.17) is 0 Å². The second-order valence-electron chi connectivity index (χ2n) is 15.2. The second-order valence-corrected chi connectivity index (χ2v) is 17.3. The van der Waals surface area contributed by atoms with E-state index in [0.29, 0.717) is 0 Å². The molecule has 0 bridgehead atoms. The molecule has 10 aromatic carbocycles. The average Bonchev–Trinajstić information content (AvgIpc) is 3.88. The molecule has 0 aliphatic rings. The molecule has 59 heavy (non-hydrogen) atoms. The Hall–Kier alpha value is -7.04. The number of nitrogens with zero attached hydrogens (tertiary/aromatic N) is 1. The summed E-state index contributed by atoms with van der Waals surface area (Å²) in [6, 6.07) is 78.1. The third-order valence-electron chi connectivity index (χ3n) is 11.9. The minimum atomic E-state index is 1.12. The molecule has 2 heterocycles. The van der Waals surface area contributed by atoms with Crippen molar-refractivity contribution < 1.29 is 0 Å². The molecular formula is C56H35NS2. The first-order valence-corrected chi connectivity index (χ1v) is 21.7. The predicted octanol–water partition coefficient (Wildman–Crippen LogP) is 17.2. The van der Waals surface area contributed by atoms with Gasteiger partial charge in [0.1, 0.15) is 0 Å². The van der Waals surface area contributed by atoms with E-state index in [9.17, 15) is 0 Å². The molecule has 0 N–H and O–H groups in total. The van der Waals surface area contributed by atoms with Crippen molar-refractivity contribution in [2.45, 2.75) is 0 Å². The van der Waals surface area contributed by atoms with Gasteiger partial charge in [0, 0.05) is 46.7 Å². The third-order valence-corrected chi connectivity index (χ3v) is 14.3. The lowest BCUT2D eigenvalue weighted by atomic mass is 9.95. The monoisotopic (exact) mass is 785 g/mol. The molecule has 3 heteroatoms. The summed E-state index contributed by atoms with van der Waals surface area (Å²) in [6.45, 7) is 0. The van der Waals surface area contributed by atoms with Crippen LogP contribution in [0.3, 0.4) is 0 Å². The Morgan fingerprint density at radius 1 is 0.288 bits per heavy atom. The smallest absolute Gasteiger partial charge is 0.0640 e. The van der Waals surface area contributed by atoms with Crippen LogP contribution in [0.15, 0.2) is 212 Å². The summed E-state index contributed by atoms with van der Waals surface area (Å²) in [5.74, 6) is 0. The number of anilines is 3. The predicted molar refractivity (Wildman–Crippen MR) is 258 cm³/mol. The lowest BCUT2D eigenvalue weighted by Crippen LogP contribution is -2.10. The fourth-order valence-electron chi connectivity index (χ4n) is 9.12. The highest BCUT2D eigenvalue weighted by Crippen LogP contribution is 2.49. The molecule has 276 valence electrons. The minimum Gasteiger partial charge on any atom is -0.308 e. The van der Waals surface area contributed by atoms with Gasteiger partial charge in [-0.05, 0) is 85.9 Å². The summed E-state index contributed by atoms with van der Waals surface area (Å²) in [7, 11) is 0. The maximum absolute atomic E-state index is 2.49. The summed E-state index contributed by atoms with van der Waals surface area (Å²) in [4.78, 5) is 2.49. The van der Waals surface area contributed by atoms with Crippen LogP contribution in [0.1, 0.15) is 0 Å². The van der Waals surface area contributed by atoms with Gasteiger partial charge in [-0.25, -0.2) is 0 Å². The van der Waals surface area contributed by atoms with Crippen molar-refractivity contribution in [2.24, 2.45) is 0 Å². The van der Waals surface area contributed by atoms with Gasteiger partial charge < -0.3 is 4.90 Å². The fourth-order valence-corrected chi connectivity index (χ4v) is 11.6. The van der Waals surface area contributed by atoms with Gasteiger partial charge in [0.05, 0.1) is 16.1 Å². The molecule has 2 aromatic heterocycles. The first kappa shape index (κ1) is 34.0. The molecule has 0 amide bonds. The van der Waals surface area contributed by atoms with E-state index < -0.39 is 0 Å². The highest BCUT2D eigenvalue weighted by Gasteiger charge is 2.22. The van der Waals surface area contributed by atoms with Crippen molar-refractivity contribution in [3.63, 3.8) is 0 Å². The van der Waals surface area contributed by atoms with Crippen LogP contribution >= 0.6 is 22.7 Å². The molecule has 0 saturated carbocycles. The lowest BCUT2D eigenvalue weighted by Gasteiger charge is -2.28. The molecule has 0 spiro atoms. The van der Waals surface area contributed by atoms with Crippen LogP contribution in [-0.2, 0) is 0 Å². The van der Waals surface area contributed by atoms with E-state index in [1.54, 1.807) is 0 Å². The topological polar surface area (TPSA) is 3.24 Å². The maximum Gasteiger partial charge on any atom is 0.0640 e. The molecule has 0 unspecified atom stereocenters. The van der Waals surface area contributed by atoms with Crippen LogP contribution in [0.5, 0.6) is 0 Å². The zero-order valence-electron chi connectivity index (χ0n) is 32.0. The van der Waals surface area contributed by atoms with Gasteiger partial charge in [-0.15, -0.1) is 22.7 Å². The van der Waals surface area contributed by atoms with Crippen LogP contribution in [0.2, 0.25) is 0 Å². The average molecular weight is 786 g/mol. The fraction of sp³-hybridized carbons (Fsp3) is 0. The second kappa shape index (κ2) is 13.8. The lowest BCUT2D eigenvalue weighted by molar-refractivity contribution is 1.32. The maximum atomic E-state index is 2.49. The zero-order valence-corrected chi connectivity index (χ0v) is 33.6. The summed E-state index contributed by atoms with van der Waals surface area (Å²) >= 11 is 3.77. The standard InChI is InChI=1S/C56H35NS2/c1-2-13-37(14-3-1)44-22-11-23-49-50-24-12-25-52(56(50)59-55(44)49)57(40-30-27-38(28-31-40)42-21-10-16-36-15-4-5-17-41(36)42)51-34-33-43(45-18-6-7-19-46(45)51)39-29-32-48-47-20-8-9-26-53(47)58-54(48)35-39/h1-35H. The molecule has 0 radical (unpaired) electrons. The molecule has 12 rings (SSSR count). The third kappa shape index (κ3) is 5.58. The summed E-state index contributed by atoms with van der Waals surface area (Å²) in [5, 5.41) is 10.2. The van der Waals surface area contributed by atoms with Crippen LogP contribution in [-0.4, -0.2) is 0 Å². The summed E-state index contributed by atoms with van der Waals surface area (Å²) < 4.78 is 5.22. The Kier molecular flexibility index (Phi) is 7.97. The van der Waals surface area contributed by atoms with Crippen LogP contribution in [0, 0.1) is 0 Å². The zero-order chi connectivity index (χ0) is 38.9. The highest BCUT2D eigenvalue weighted by atomic mass is 32.1. The number of benzene rings is 10. The van der Waals surface area contributed by atoms with E-state index in [0.717, 1.165) is 11.4 Å². The quantitative estimate of drug-likeness (QED) is 0.162. The molecule has 0 aliphatic heterocycles. The van der Waals surface area contributed by atoms with Gasteiger partial charge in [-0.1, -0.05) is 176 Å². The van der Waals surface area contributed by atoms with Crippen LogP contribution in [0.4, 0.5) is 17.1 Å².